The first kappa shape index (κ1) is 23.8. The van der Waals surface area contributed by atoms with E-state index in [2.05, 4.69) is 5.32 Å². The topological polar surface area (TPSA) is 66.5 Å². The summed E-state index contributed by atoms with van der Waals surface area (Å²) >= 11 is 11.9. The van der Waals surface area contributed by atoms with Crippen molar-refractivity contribution in [2.45, 2.75) is 24.8 Å². The van der Waals surface area contributed by atoms with Crippen molar-refractivity contribution >= 4 is 44.8 Å². The van der Waals surface area contributed by atoms with E-state index in [1.807, 2.05) is 0 Å². The molecule has 3 rings (SSSR count). The summed E-state index contributed by atoms with van der Waals surface area (Å²) in [6.45, 7) is 0.262. The number of amides is 1. The molecule has 1 amide bonds. The third kappa shape index (κ3) is 6.12. The minimum atomic E-state index is -4.46. The Labute approximate surface area is 188 Å². The minimum Gasteiger partial charge on any atom is -0.326 e. The molecule has 11 heteroatoms. The van der Waals surface area contributed by atoms with Crippen LogP contribution in [0.25, 0.3) is 0 Å². The summed E-state index contributed by atoms with van der Waals surface area (Å²) in [5.74, 6) is -1.38. The van der Waals surface area contributed by atoms with Gasteiger partial charge in [0.25, 0.3) is 0 Å². The number of halogens is 5. The number of benzene rings is 2. The number of piperidine rings is 1. The van der Waals surface area contributed by atoms with Crippen molar-refractivity contribution in [1.29, 1.82) is 0 Å². The SMILES string of the molecule is O=C(Nc1ccc(C(F)(F)F)cc1)[C@@H]1CCCN(S(=O)(=O)Cc2ccc(Cl)cc2Cl)C1. The number of sulfonamides is 1. The lowest BCUT2D eigenvalue weighted by molar-refractivity contribution is -0.137. The van der Waals surface area contributed by atoms with Crippen molar-refractivity contribution in [3.05, 3.63) is 63.6 Å². The van der Waals surface area contributed by atoms with E-state index in [-0.39, 0.29) is 29.6 Å². The molecule has 31 heavy (non-hydrogen) atoms. The van der Waals surface area contributed by atoms with Gasteiger partial charge in [-0.1, -0.05) is 29.3 Å². The Bertz CT molecular complexity index is 1060. The molecular weight excluding hydrogens is 476 g/mol. The first-order chi connectivity index (χ1) is 14.5. The molecule has 0 unspecified atom stereocenters. The second-order valence-corrected chi connectivity index (χ2v) is 10.1. The van der Waals surface area contributed by atoms with Gasteiger partial charge in [0.1, 0.15) is 0 Å². The number of nitrogens with one attached hydrogen (secondary N) is 1. The van der Waals surface area contributed by atoms with Crippen LogP contribution < -0.4 is 5.32 Å². The molecule has 0 aromatic heterocycles. The molecule has 0 aliphatic carbocycles. The van der Waals surface area contributed by atoms with Crippen molar-refractivity contribution in [1.82, 2.24) is 4.31 Å². The molecule has 5 nitrogen and oxygen atoms in total. The van der Waals surface area contributed by atoms with Gasteiger partial charge >= 0.3 is 6.18 Å². The minimum absolute atomic E-state index is 0.0139. The molecule has 1 saturated heterocycles. The maximum absolute atomic E-state index is 12.8. The first-order valence-electron chi connectivity index (χ1n) is 9.35. The molecule has 2 aromatic carbocycles. The summed E-state index contributed by atoms with van der Waals surface area (Å²) in [5, 5.41) is 3.20. The van der Waals surface area contributed by atoms with E-state index >= 15 is 0 Å². The fourth-order valence-corrected chi connectivity index (χ4v) is 5.52. The van der Waals surface area contributed by atoms with Crippen molar-refractivity contribution in [2.75, 3.05) is 18.4 Å². The van der Waals surface area contributed by atoms with Gasteiger partial charge in [-0.2, -0.15) is 13.2 Å². The summed E-state index contributed by atoms with van der Waals surface area (Å²) in [6, 6.07) is 8.65. The molecule has 1 aliphatic heterocycles. The van der Waals surface area contributed by atoms with Crippen LogP contribution in [0.1, 0.15) is 24.0 Å². The zero-order valence-electron chi connectivity index (χ0n) is 16.1. The summed E-state index contributed by atoms with van der Waals surface area (Å²) in [5.41, 5.74) is -0.199. The molecule has 0 spiro atoms. The third-order valence-corrected chi connectivity index (χ3v) is 7.36. The average Bonchev–Trinajstić information content (AvgIpc) is 2.70. The van der Waals surface area contributed by atoms with Crippen LogP contribution in [0.5, 0.6) is 0 Å². The number of carbonyl (C=O) groups is 1. The van der Waals surface area contributed by atoms with Crippen LogP contribution in [0.3, 0.4) is 0 Å². The number of nitrogens with zero attached hydrogens (tertiary/aromatic N) is 1. The van der Waals surface area contributed by atoms with Gasteiger partial charge in [-0.3, -0.25) is 4.79 Å². The van der Waals surface area contributed by atoms with Crippen molar-refractivity contribution in [2.24, 2.45) is 5.92 Å². The van der Waals surface area contributed by atoms with Gasteiger partial charge in [0.05, 0.1) is 17.2 Å². The van der Waals surface area contributed by atoms with E-state index in [1.54, 1.807) is 12.1 Å². The molecule has 1 heterocycles. The quantitative estimate of drug-likeness (QED) is 0.621. The molecule has 0 saturated carbocycles. The summed E-state index contributed by atoms with van der Waals surface area (Å²) in [4.78, 5) is 12.6. The summed E-state index contributed by atoms with van der Waals surface area (Å²) in [7, 11) is -3.73. The lowest BCUT2D eigenvalue weighted by Crippen LogP contribution is -2.44. The van der Waals surface area contributed by atoms with Crippen LogP contribution in [0.4, 0.5) is 18.9 Å². The molecular formula is C20H19Cl2F3N2O3S. The molecule has 0 bridgehead atoms. The fraction of sp³-hybridized carbons (Fsp3) is 0.350. The average molecular weight is 495 g/mol. The zero-order valence-corrected chi connectivity index (χ0v) is 18.5. The highest BCUT2D eigenvalue weighted by Gasteiger charge is 2.33. The van der Waals surface area contributed by atoms with Crippen LogP contribution in [0.2, 0.25) is 10.0 Å². The van der Waals surface area contributed by atoms with E-state index in [1.165, 1.54) is 22.5 Å². The highest BCUT2D eigenvalue weighted by atomic mass is 35.5. The van der Waals surface area contributed by atoms with Crippen molar-refractivity contribution in [3.63, 3.8) is 0 Å². The van der Waals surface area contributed by atoms with Gasteiger partial charge in [0.15, 0.2) is 0 Å². The number of hydrogen-bond donors (Lipinski definition) is 1. The summed E-state index contributed by atoms with van der Waals surface area (Å²) in [6.07, 6.45) is -3.51. The second kappa shape index (κ2) is 9.36. The predicted molar refractivity (Wildman–Crippen MR) is 113 cm³/mol. The van der Waals surface area contributed by atoms with Gasteiger partial charge in [0, 0.05) is 28.8 Å². The number of carbonyl (C=O) groups excluding carboxylic acids is 1. The number of anilines is 1. The van der Waals surface area contributed by atoms with Gasteiger partial charge in [-0.15, -0.1) is 0 Å². The Hall–Kier alpha value is -1.81. The van der Waals surface area contributed by atoms with Crippen LogP contribution in [-0.4, -0.2) is 31.7 Å². The van der Waals surface area contributed by atoms with Crippen LogP contribution in [0, 0.1) is 5.92 Å². The highest BCUT2D eigenvalue weighted by Crippen LogP contribution is 2.30. The number of alkyl halides is 3. The number of rotatable bonds is 5. The third-order valence-electron chi connectivity index (χ3n) is 4.98. The highest BCUT2D eigenvalue weighted by molar-refractivity contribution is 7.88. The van der Waals surface area contributed by atoms with Gasteiger partial charge in [-0.05, 0) is 54.8 Å². The standard InChI is InChI=1S/C20H19Cl2F3N2O3S/c21-16-6-3-14(18(22)10-16)12-31(29,30)27-9-1-2-13(11-27)19(28)26-17-7-4-15(5-8-17)20(23,24)25/h3-8,10,13H,1-2,9,11-12H2,(H,26,28)/t13-/m1/s1. The van der Waals surface area contributed by atoms with Crippen LogP contribution in [0.15, 0.2) is 42.5 Å². The smallest absolute Gasteiger partial charge is 0.326 e. The molecule has 1 aliphatic rings. The zero-order chi connectivity index (χ0) is 22.8. The molecule has 1 atom stereocenters. The Morgan fingerprint density at radius 2 is 1.81 bits per heavy atom. The molecule has 1 N–H and O–H groups in total. The van der Waals surface area contributed by atoms with Gasteiger partial charge in [-0.25, -0.2) is 12.7 Å². The van der Waals surface area contributed by atoms with Crippen LogP contribution in [-0.2, 0) is 26.7 Å². The number of hydrogen-bond acceptors (Lipinski definition) is 3. The van der Waals surface area contributed by atoms with E-state index in [4.69, 9.17) is 23.2 Å². The lowest BCUT2D eigenvalue weighted by atomic mass is 9.98. The molecule has 1 fully saturated rings. The maximum atomic E-state index is 12.8. The maximum Gasteiger partial charge on any atom is 0.416 e. The van der Waals surface area contributed by atoms with Gasteiger partial charge in [0.2, 0.25) is 15.9 Å². The van der Waals surface area contributed by atoms with Crippen molar-refractivity contribution in [3.8, 4) is 0 Å². The lowest BCUT2D eigenvalue weighted by Gasteiger charge is -2.31. The largest absolute Gasteiger partial charge is 0.416 e. The van der Waals surface area contributed by atoms with Crippen LogP contribution >= 0.6 is 23.2 Å². The normalized spacial score (nSPS) is 18.0. The van der Waals surface area contributed by atoms with Crippen molar-refractivity contribution < 1.29 is 26.4 Å². The Kier molecular flexibility index (Phi) is 7.20. The first-order valence-corrected chi connectivity index (χ1v) is 11.7. The second-order valence-electron chi connectivity index (χ2n) is 7.25. The van der Waals surface area contributed by atoms with E-state index < -0.39 is 33.6 Å². The molecule has 0 radical (unpaired) electrons. The monoisotopic (exact) mass is 494 g/mol. The fourth-order valence-electron chi connectivity index (χ4n) is 3.32. The predicted octanol–water partition coefficient (Wildman–Crippen LogP) is 5.19. The Morgan fingerprint density at radius 3 is 2.42 bits per heavy atom. The summed E-state index contributed by atoms with van der Waals surface area (Å²) < 4.78 is 64.9. The van der Waals surface area contributed by atoms with E-state index in [9.17, 15) is 26.4 Å². The Morgan fingerprint density at radius 1 is 1.13 bits per heavy atom. The van der Waals surface area contributed by atoms with E-state index in [0.29, 0.717) is 23.4 Å². The molecule has 2 aromatic rings. The van der Waals surface area contributed by atoms with Gasteiger partial charge < -0.3 is 5.32 Å². The Balaban J connectivity index is 1.65. The van der Waals surface area contributed by atoms with E-state index in [0.717, 1.165) is 12.1 Å². The molecule has 168 valence electrons.